The van der Waals surface area contributed by atoms with Crippen LogP contribution in [0.2, 0.25) is 0 Å². The van der Waals surface area contributed by atoms with Gasteiger partial charge in [-0.2, -0.15) is 5.26 Å². The summed E-state index contributed by atoms with van der Waals surface area (Å²) in [5.41, 5.74) is 0.932. The Labute approximate surface area is 122 Å². The van der Waals surface area contributed by atoms with Gasteiger partial charge in [0.1, 0.15) is 0 Å². The molecule has 0 heterocycles. The normalized spacial score (nSPS) is 10.7. The fraction of sp³-hybridized carbons (Fsp3) is 0.357. The molecule has 0 unspecified atom stereocenters. The van der Waals surface area contributed by atoms with Gasteiger partial charge in [0.15, 0.2) is 0 Å². The first-order chi connectivity index (χ1) is 9.35. The number of carbonyl (C=O) groups is 2. The topological polar surface area (TPSA) is 90.2 Å². The van der Waals surface area contributed by atoms with Crippen LogP contribution in [0.3, 0.4) is 0 Å². The molecule has 2 N–H and O–H groups in total. The van der Waals surface area contributed by atoms with Gasteiger partial charge in [-0.1, -0.05) is 12.1 Å². The smallest absolute Gasteiger partial charge is 0.313 e. The molecule has 6 heteroatoms. The highest BCUT2D eigenvalue weighted by molar-refractivity contribution is 8.00. The Bertz CT molecular complexity index is 532. The lowest BCUT2D eigenvalue weighted by molar-refractivity contribution is -0.133. The second-order valence-electron chi connectivity index (χ2n) is 4.75. The molecule has 106 valence electrons. The Morgan fingerprint density at radius 2 is 1.90 bits per heavy atom. The fourth-order valence-corrected chi connectivity index (χ4v) is 2.00. The number of carboxylic acids is 1. The number of carboxylic acid groups (broad SMARTS) is 1. The summed E-state index contributed by atoms with van der Waals surface area (Å²) in [5, 5.41) is 20.2. The zero-order valence-corrected chi connectivity index (χ0v) is 12.2. The molecule has 0 atom stereocenters. The molecule has 0 spiro atoms. The lowest BCUT2D eigenvalue weighted by atomic mass is 9.86. The van der Waals surface area contributed by atoms with Crippen molar-refractivity contribution in [2.75, 3.05) is 16.8 Å². The zero-order valence-electron chi connectivity index (χ0n) is 11.3. The highest BCUT2D eigenvalue weighted by Crippen LogP contribution is 2.23. The monoisotopic (exact) mass is 292 g/mol. The first-order valence-corrected chi connectivity index (χ1v) is 7.12. The molecule has 0 aliphatic heterocycles. The summed E-state index contributed by atoms with van der Waals surface area (Å²) < 4.78 is 0. The average molecular weight is 292 g/mol. The summed E-state index contributed by atoms with van der Waals surface area (Å²) in [5.74, 6) is -1.19. The van der Waals surface area contributed by atoms with Gasteiger partial charge < -0.3 is 10.4 Å². The number of nitrogens with one attached hydrogen (secondary N) is 1. The molecular weight excluding hydrogens is 276 g/mol. The van der Waals surface area contributed by atoms with E-state index < -0.39 is 11.4 Å². The number of hydrogen-bond donors (Lipinski definition) is 2. The Morgan fingerprint density at radius 3 is 2.40 bits per heavy atom. The minimum Gasteiger partial charge on any atom is -0.481 e. The van der Waals surface area contributed by atoms with Crippen molar-refractivity contribution in [3.63, 3.8) is 0 Å². The molecule has 0 saturated carbocycles. The van der Waals surface area contributed by atoms with E-state index in [2.05, 4.69) is 11.4 Å². The highest BCUT2D eigenvalue weighted by atomic mass is 32.2. The van der Waals surface area contributed by atoms with Crippen LogP contribution in [0.1, 0.15) is 19.4 Å². The average Bonchev–Trinajstić information content (AvgIpc) is 2.39. The largest absolute Gasteiger partial charge is 0.481 e. The van der Waals surface area contributed by atoms with E-state index in [0.717, 1.165) is 17.3 Å². The number of hydrogen-bond acceptors (Lipinski definition) is 4. The third kappa shape index (κ3) is 4.94. The van der Waals surface area contributed by atoms with E-state index in [1.807, 2.05) is 13.8 Å². The van der Waals surface area contributed by atoms with Gasteiger partial charge in [0.25, 0.3) is 0 Å². The van der Waals surface area contributed by atoms with Gasteiger partial charge in [-0.25, -0.2) is 0 Å². The number of aliphatic carboxylic acids is 1. The van der Waals surface area contributed by atoms with E-state index in [9.17, 15) is 9.59 Å². The van der Waals surface area contributed by atoms with Crippen LogP contribution in [0.4, 0.5) is 5.69 Å². The molecule has 0 saturated heterocycles. The molecule has 0 aromatic heterocycles. The number of thioether (sulfide) groups is 1. The number of nitriles is 1. The third-order valence-electron chi connectivity index (χ3n) is 2.63. The van der Waals surface area contributed by atoms with E-state index in [0.29, 0.717) is 5.69 Å². The van der Waals surface area contributed by atoms with Crippen LogP contribution in [0.5, 0.6) is 0 Å². The van der Waals surface area contributed by atoms with Crippen LogP contribution < -0.4 is 5.32 Å². The van der Waals surface area contributed by atoms with Gasteiger partial charge in [-0.3, -0.25) is 9.59 Å². The summed E-state index contributed by atoms with van der Waals surface area (Å²) in [7, 11) is 0. The van der Waals surface area contributed by atoms with Crippen molar-refractivity contribution < 1.29 is 14.7 Å². The maximum atomic E-state index is 11.6. The molecule has 0 radical (unpaired) electrons. The molecule has 20 heavy (non-hydrogen) atoms. The number of benzene rings is 1. The molecule has 0 aliphatic carbocycles. The molecule has 0 bridgehead atoms. The summed E-state index contributed by atoms with van der Waals surface area (Å²) >= 11 is 1.05. The third-order valence-corrected chi connectivity index (χ3v) is 3.55. The minimum atomic E-state index is -0.939. The Hall–Kier alpha value is -2.00. The second-order valence-corrected chi connectivity index (χ2v) is 5.73. The molecule has 1 rings (SSSR count). The van der Waals surface area contributed by atoms with E-state index in [4.69, 9.17) is 10.4 Å². The van der Waals surface area contributed by atoms with Crippen molar-refractivity contribution in [3.8, 4) is 6.07 Å². The van der Waals surface area contributed by atoms with Crippen molar-refractivity contribution in [2.45, 2.75) is 19.3 Å². The fourth-order valence-electron chi connectivity index (χ4n) is 1.46. The maximum absolute atomic E-state index is 11.6. The van der Waals surface area contributed by atoms with Crippen molar-refractivity contribution in [1.82, 2.24) is 0 Å². The Morgan fingerprint density at radius 1 is 1.30 bits per heavy atom. The SMILES string of the molecule is CC(C)(C#N)c1ccc(NC(=O)CSCC(=O)O)cc1. The van der Waals surface area contributed by atoms with Crippen LogP contribution in [0.15, 0.2) is 24.3 Å². The molecular formula is C14H16N2O3S. The molecule has 0 aliphatic rings. The summed E-state index contributed by atoms with van der Waals surface area (Å²) in [6.07, 6.45) is 0. The van der Waals surface area contributed by atoms with Crippen LogP contribution in [0.25, 0.3) is 0 Å². The van der Waals surface area contributed by atoms with E-state index >= 15 is 0 Å². The van der Waals surface area contributed by atoms with Gasteiger partial charge in [0.05, 0.1) is 23.0 Å². The predicted octanol–water partition coefficient (Wildman–Crippen LogP) is 2.24. The number of nitrogens with zero attached hydrogens (tertiary/aromatic N) is 1. The van der Waals surface area contributed by atoms with Crippen molar-refractivity contribution in [2.24, 2.45) is 0 Å². The Balaban J connectivity index is 2.56. The predicted molar refractivity (Wildman–Crippen MR) is 78.7 cm³/mol. The first-order valence-electron chi connectivity index (χ1n) is 5.96. The molecule has 5 nitrogen and oxygen atoms in total. The second kappa shape index (κ2) is 6.96. The van der Waals surface area contributed by atoms with E-state index in [1.165, 1.54) is 0 Å². The van der Waals surface area contributed by atoms with Gasteiger partial charge in [0.2, 0.25) is 5.91 Å². The van der Waals surface area contributed by atoms with E-state index in [-0.39, 0.29) is 17.4 Å². The standard InChI is InChI=1S/C14H16N2O3S/c1-14(2,9-15)10-3-5-11(6-4-10)16-12(17)7-20-8-13(18)19/h3-6H,7-8H2,1-2H3,(H,16,17)(H,18,19). The molecule has 1 aromatic carbocycles. The first kappa shape index (κ1) is 16.1. The van der Waals surface area contributed by atoms with Gasteiger partial charge in [-0.15, -0.1) is 11.8 Å². The van der Waals surface area contributed by atoms with Crippen molar-refractivity contribution in [3.05, 3.63) is 29.8 Å². The summed E-state index contributed by atoms with van der Waals surface area (Å²) in [6, 6.07) is 9.26. The maximum Gasteiger partial charge on any atom is 0.313 e. The number of amides is 1. The number of anilines is 1. The number of rotatable bonds is 6. The Kier molecular flexibility index (Phi) is 5.59. The molecule has 1 aromatic rings. The van der Waals surface area contributed by atoms with Crippen LogP contribution in [0, 0.1) is 11.3 Å². The van der Waals surface area contributed by atoms with Gasteiger partial charge in [0, 0.05) is 5.69 Å². The van der Waals surface area contributed by atoms with Crippen LogP contribution >= 0.6 is 11.8 Å². The zero-order chi connectivity index (χ0) is 15.2. The quantitative estimate of drug-likeness (QED) is 0.839. The van der Waals surface area contributed by atoms with Crippen molar-refractivity contribution in [1.29, 1.82) is 5.26 Å². The highest BCUT2D eigenvalue weighted by Gasteiger charge is 2.19. The van der Waals surface area contributed by atoms with Crippen LogP contribution in [-0.2, 0) is 15.0 Å². The number of carbonyl (C=O) groups excluding carboxylic acids is 1. The van der Waals surface area contributed by atoms with Crippen LogP contribution in [-0.4, -0.2) is 28.5 Å². The van der Waals surface area contributed by atoms with Crippen molar-refractivity contribution >= 4 is 29.3 Å². The minimum absolute atomic E-state index is 0.0945. The molecule has 0 fully saturated rings. The summed E-state index contributed by atoms with van der Waals surface area (Å²) in [4.78, 5) is 21.9. The summed E-state index contributed by atoms with van der Waals surface area (Å²) in [6.45, 7) is 3.65. The molecule has 1 amide bonds. The lowest BCUT2D eigenvalue weighted by Crippen LogP contribution is -2.16. The van der Waals surface area contributed by atoms with E-state index in [1.54, 1.807) is 24.3 Å². The van der Waals surface area contributed by atoms with Gasteiger partial charge in [-0.05, 0) is 31.5 Å². The van der Waals surface area contributed by atoms with Gasteiger partial charge >= 0.3 is 5.97 Å². The lowest BCUT2D eigenvalue weighted by Gasteiger charge is -2.16.